The minimum atomic E-state index is -1.34. The predicted molar refractivity (Wildman–Crippen MR) is 73.1 cm³/mol. The first-order valence-corrected chi connectivity index (χ1v) is 6.43. The standard InChI is InChI=1S/C15H17NO4/c1-15(13(17)18)9-5-6-10-16(15)14(19)20-11-12-7-3-2-4-8-12/h2-5,7-9H,6,10-11H2,1H3,(H,17,18). The fourth-order valence-corrected chi connectivity index (χ4v) is 2.10. The summed E-state index contributed by atoms with van der Waals surface area (Å²) in [6, 6.07) is 9.28. The van der Waals surface area contributed by atoms with Crippen molar-refractivity contribution in [2.24, 2.45) is 0 Å². The highest BCUT2D eigenvalue weighted by molar-refractivity contribution is 5.86. The minimum absolute atomic E-state index is 0.135. The normalized spacial score (nSPS) is 21.6. The molecule has 0 aromatic heterocycles. The second-order valence-corrected chi connectivity index (χ2v) is 4.84. The number of benzene rings is 1. The maximum absolute atomic E-state index is 12.1. The van der Waals surface area contributed by atoms with Crippen molar-refractivity contribution in [3.63, 3.8) is 0 Å². The Labute approximate surface area is 117 Å². The van der Waals surface area contributed by atoms with Gasteiger partial charge in [0.1, 0.15) is 6.61 Å². The van der Waals surface area contributed by atoms with Crippen LogP contribution in [0.15, 0.2) is 42.5 Å². The maximum atomic E-state index is 12.1. The van der Waals surface area contributed by atoms with Crippen LogP contribution in [-0.4, -0.2) is 34.2 Å². The van der Waals surface area contributed by atoms with Gasteiger partial charge in [-0.3, -0.25) is 4.90 Å². The van der Waals surface area contributed by atoms with E-state index in [1.165, 1.54) is 17.9 Å². The second kappa shape index (κ2) is 5.77. The number of hydrogen-bond donors (Lipinski definition) is 1. The van der Waals surface area contributed by atoms with Crippen LogP contribution >= 0.6 is 0 Å². The van der Waals surface area contributed by atoms with Gasteiger partial charge in [0.05, 0.1) is 0 Å². The summed E-state index contributed by atoms with van der Waals surface area (Å²) in [7, 11) is 0. The van der Waals surface area contributed by atoms with Crippen LogP contribution in [0.4, 0.5) is 4.79 Å². The number of hydrogen-bond acceptors (Lipinski definition) is 3. The summed E-state index contributed by atoms with van der Waals surface area (Å²) in [6.07, 6.45) is 3.32. The van der Waals surface area contributed by atoms with Gasteiger partial charge in [-0.1, -0.05) is 42.5 Å². The number of aliphatic carboxylic acids is 1. The number of carbonyl (C=O) groups excluding carboxylic acids is 1. The molecule has 0 aliphatic carbocycles. The molecule has 0 saturated heterocycles. The highest BCUT2D eigenvalue weighted by atomic mass is 16.6. The zero-order chi connectivity index (χ0) is 14.6. The van der Waals surface area contributed by atoms with E-state index in [2.05, 4.69) is 0 Å². The van der Waals surface area contributed by atoms with Gasteiger partial charge in [0.25, 0.3) is 0 Å². The molecule has 106 valence electrons. The fraction of sp³-hybridized carbons (Fsp3) is 0.333. The number of amides is 1. The molecule has 5 nitrogen and oxygen atoms in total. The summed E-state index contributed by atoms with van der Waals surface area (Å²) in [6.45, 7) is 1.97. The Bertz CT molecular complexity index is 526. The summed E-state index contributed by atoms with van der Waals surface area (Å²) >= 11 is 0. The quantitative estimate of drug-likeness (QED) is 0.860. The molecule has 1 atom stereocenters. The van der Waals surface area contributed by atoms with E-state index in [4.69, 9.17) is 4.74 Å². The number of rotatable bonds is 3. The lowest BCUT2D eigenvalue weighted by Crippen LogP contribution is -2.55. The summed E-state index contributed by atoms with van der Waals surface area (Å²) in [5.41, 5.74) is -0.475. The third kappa shape index (κ3) is 2.82. The van der Waals surface area contributed by atoms with E-state index in [0.717, 1.165) is 5.56 Å². The number of carboxylic acids is 1. The summed E-state index contributed by atoms with van der Waals surface area (Å²) in [5, 5.41) is 9.30. The third-order valence-corrected chi connectivity index (χ3v) is 3.38. The van der Waals surface area contributed by atoms with Crippen molar-refractivity contribution in [3.05, 3.63) is 48.0 Å². The second-order valence-electron chi connectivity index (χ2n) is 4.84. The molecule has 20 heavy (non-hydrogen) atoms. The van der Waals surface area contributed by atoms with Crippen LogP contribution < -0.4 is 0 Å². The van der Waals surface area contributed by atoms with Crippen LogP contribution in [0.25, 0.3) is 0 Å². The number of carboxylic acid groups (broad SMARTS) is 1. The monoisotopic (exact) mass is 275 g/mol. The average molecular weight is 275 g/mol. The summed E-state index contributed by atoms with van der Waals surface area (Å²) < 4.78 is 5.20. The molecule has 0 saturated carbocycles. The van der Waals surface area contributed by atoms with Crippen LogP contribution in [0.5, 0.6) is 0 Å². The van der Waals surface area contributed by atoms with E-state index < -0.39 is 17.6 Å². The zero-order valence-electron chi connectivity index (χ0n) is 11.3. The topological polar surface area (TPSA) is 66.8 Å². The van der Waals surface area contributed by atoms with E-state index in [1.54, 1.807) is 6.08 Å². The number of carbonyl (C=O) groups is 2. The Balaban J connectivity index is 2.04. The minimum Gasteiger partial charge on any atom is -0.479 e. The summed E-state index contributed by atoms with van der Waals surface area (Å²) in [5.74, 6) is -1.06. The van der Waals surface area contributed by atoms with E-state index in [1.807, 2.05) is 30.3 Å². The van der Waals surface area contributed by atoms with Crippen molar-refractivity contribution < 1.29 is 19.4 Å². The SMILES string of the molecule is CC1(C(=O)O)C=CCCN1C(=O)OCc1ccccc1. The van der Waals surface area contributed by atoms with Crippen molar-refractivity contribution in [2.75, 3.05) is 6.54 Å². The highest BCUT2D eigenvalue weighted by Crippen LogP contribution is 2.23. The van der Waals surface area contributed by atoms with Crippen LogP contribution in [0.2, 0.25) is 0 Å². The fourth-order valence-electron chi connectivity index (χ4n) is 2.10. The van der Waals surface area contributed by atoms with Gasteiger partial charge in [-0.2, -0.15) is 0 Å². The number of nitrogens with zero attached hydrogens (tertiary/aromatic N) is 1. The van der Waals surface area contributed by atoms with Gasteiger partial charge in [-0.05, 0) is 18.9 Å². The smallest absolute Gasteiger partial charge is 0.411 e. The molecule has 1 aliphatic heterocycles. The van der Waals surface area contributed by atoms with Crippen molar-refractivity contribution in [1.29, 1.82) is 0 Å². The molecule has 0 fully saturated rings. The van der Waals surface area contributed by atoms with Crippen molar-refractivity contribution in [3.8, 4) is 0 Å². The molecule has 1 N–H and O–H groups in total. The van der Waals surface area contributed by atoms with Crippen LogP contribution in [0, 0.1) is 0 Å². The largest absolute Gasteiger partial charge is 0.479 e. The molecule has 0 bridgehead atoms. The van der Waals surface area contributed by atoms with Gasteiger partial charge in [0.2, 0.25) is 0 Å². The van der Waals surface area contributed by atoms with E-state index in [-0.39, 0.29) is 6.61 Å². The Morgan fingerprint density at radius 3 is 2.70 bits per heavy atom. The van der Waals surface area contributed by atoms with Gasteiger partial charge in [-0.25, -0.2) is 9.59 Å². The summed E-state index contributed by atoms with van der Waals surface area (Å²) in [4.78, 5) is 24.7. The van der Waals surface area contributed by atoms with Crippen molar-refractivity contribution >= 4 is 12.1 Å². The molecule has 5 heteroatoms. The molecular weight excluding hydrogens is 258 g/mol. The Morgan fingerprint density at radius 1 is 1.35 bits per heavy atom. The molecule has 1 aliphatic rings. The Morgan fingerprint density at radius 2 is 2.05 bits per heavy atom. The van der Waals surface area contributed by atoms with E-state index in [9.17, 15) is 14.7 Å². The zero-order valence-corrected chi connectivity index (χ0v) is 11.3. The van der Waals surface area contributed by atoms with Gasteiger partial charge in [0.15, 0.2) is 5.54 Å². The van der Waals surface area contributed by atoms with Gasteiger partial charge < -0.3 is 9.84 Å². The van der Waals surface area contributed by atoms with Crippen molar-refractivity contribution in [2.45, 2.75) is 25.5 Å². The third-order valence-electron chi connectivity index (χ3n) is 3.38. The molecule has 1 heterocycles. The van der Waals surface area contributed by atoms with Crippen LogP contribution in [0.3, 0.4) is 0 Å². The molecular formula is C15H17NO4. The lowest BCUT2D eigenvalue weighted by molar-refractivity contribution is -0.146. The van der Waals surface area contributed by atoms with E-state index >= 15 is 0 Å². The first-order valence-electron chi connectivity index (χ1n) is 6.43. The van der Waals surface area contributed by atoms with Crippen molar-refractivity contribution in [1.82, 2.24) is 4.90 Å². The molecule has 1 unspecified atom stereocenters. The molecule has 1 aromatic rings. The average Bonchev–Trinajstić information content (AvgIpc) is 2.46. The maximum Gasteiger partial charge on any atom is 0.411 e. The first kappa shape index (κ1) is 14.1. The molecule has 2 rings (SSSR count). The molecule has 1 aromatic carbocycles. The van der Waals surface area contributed by atoms with Gasteiger partial charge >= 0.3 is 12.1 Å². The Kier molecular flexibility index (Phi) is 4.08. The van der Waals surface area contributed by atoms with Gasteiger partial charge in [0, 0.05) is 6.54 Å². The predicted octanol–water partition coefficient (Wildman–Crippen LogP) is 2.43. The first-order chi connectivity index (χ1) is 9.54. The lowest BCUT2D eigenvalue weighted by Gasteiger charge is -2.37. The van der Waals surface area contributed by atoms with Crippen LogP contribution in [0.1, 0.15) is 18.9 Å². The Hall–Kier alpha value is -2.30. The lowest BCUT2D eigenvalue weighted by atomic mass is 9.96. The van der Waals surface area contributed by atoms with E-state index in [0.29, 0.717) is 13.0 Å². The highest BCUT2D eigenvalue weighted by Gasteiger charge is 2.42. The number of ether oxygens (including phenoxy) is 1. The molecule has 0 spiro atoms. The molecule has 1 amide bonds. The molecule has 0 radical (unpaired) electrons. The van der Waals surface area contributed by atoms with Gasteiger partial charge in [-0.15, -0.1) is 0 Å². The van der Waals surface area contributed by atoms with Crippen LogP contribution in [-0.2, 0) is 16.1 Å².